The van der Waals surface area contributed by atoms with E-state index in [0.717, 1.165) is 36.2 Å². The monoisotopic (exact) mass is 456 g/mol. The molecule has 144 valence electrons. The summed E-state index contributed by atoms with van der Waals surface area (Å²) in [6.45, 7) is 2.37. The predicted octanol–water partition coefficient (Wildman–Crippen LogP) is 7.53. The molecule has 2 aliphatic rings. The second-order valence-corrected chi connectivity index (χ2v) is 8.78. The van der Waals surface area contributed by atoms with Crippen molar-refractivity contribution in [1.29, 1.82) is 0 Å². The minimum Gasteiger partial charge on any atom is -0.206 e. The average Bonchev–Trinajstić information content (AvgIpc) is 2.69. The second kappa shape index (κ2) is 9.94. The van der Waals surface area contributed by atoms with E-state index in [4.69, 9.17) is 0 Å². The average molecular weight is 456 g/mol. The third-order valence-electron chi connectivity index (χ3n) is 7.04. The van der Waals surface area contributed by atoms with E-state index in [-0.39, 0.29) is 38.3 Å². The first-order valence-corrected chi connectivity index (χ1v) is 10.6. The SMILES string of the molecule is CC1CCC(C2CCC(c3cc(F)c(-c4cc[c-]cc4)c(F)c3)CC2)CC1.[Y+3]. The Morgan fingerprint density at radius 1 is 0.786 bits per heavy atom. The molecule has 0 aliphatic heterocycles. The minimum atomic E-state index is -0.445. The summed E-state index contributed by atoms with van der Waals surface area (Å²) in [6.07, 6.45) is 10.1. The molecular weight excluding hydrogens is 427 g/mol. The molecule has 2 aromatic rings. The number of halogens is 2. The fourth-order valence-electron chi connectivity index (χ4n) is 5.34. The number of rotatable bonds is 3. The molecule has 0 nitrogen and oxygen atoms in total. The van der Waals surface area contributed by atoms with E-state index in [1.165, 1.54) is 38.5 Å². The molecule has 0 atom stereocenters. The van der Waals surface area contributed by atoms with E-state index in [1.807, 2.05) is 0 Å². The Bertz CT molecular complexity index is 734. The van der Waals surface area contributed by atoms with Crippen LogP contribution in [0.4, 0.5) is 8.78 Å². The molecule has 0 heterocycles. The summed E-state index contributed by atoms with van der Waals surface area (Å²) < 4.78 is 29.4. The van der Waals surface area contributed by atoms with Crippen LogP contribution in [-0.4, -0.2) is 0 Å². The molecule has 0 unspecified atom stereocenters. The van der Waals surface area contributed by atoms with Crippen LogP contribution in [0.2, 0.25) is 0 Å². The molecule has 0 bridgehead atoms. The van der Waals surface area contributed by atoms with Crippen molar-refractivity contribution in [2.45, 2.75) is 64.2 Å². The zero-order valence-electron chi connectivity index (χ0n) is 16.8. The molecular formula is C25H29F2Y+2. The van der Waals surface area contributed by atoms with Crippen molar-refractivity contribution < 1.29 is 41.5 Å². The van der Waals surface area contributed by atoms with Gasteiger partial charge in [0.25, 0.3) is 0 Å². The van der Waals surface area contributed by atoms with Gasteiger partial charge in [0.1, 0.15) is 11.6 Å². The Hall–Kier alpha value is -0.596. The van der Waals surface area contributed by atoms with Crippen molar-refractivity contribution in [3.05, 3.63) is 59.7 Å². The van der Waals surface area contributed by atoms with Gasteiger partial charge in [-0.1, -0.05) is 19.8 Å². The number of hydrogen-bond acceptors (Lipinski definition) is 0. The van der Waals surface area contributed by atoms with Gasteiger partial charge in [-0.3, -0.25) is 0 Å². The molecule has 0 amide bonds. The first-order valence-electron chi connectivity index (χ1n) is 10.6. The van der Waals surface area contributed by atoms with E-state index < -0.39 is 11.6 Å². The van der Waals surface area contributed by atoms with Gasteiger partial charge in [0.15, 0.2) is 0 Å². The van der Waals surface area contributed by atoms with Crippen molar-refractivity contribution in [2.75, 3.05) is 0 Å². The summed E-state index contributed by atoms with van der Waals surface area (Å²) in [5.41, 5.74) is 1.50. The van der Waals surface area contributed by atoms with Crippen molar-refractivity contribution in [3.63, 3.8) is 0 Å². The minimum absolute atomic E-state index is 0. The fraction of sp³-hybridized carbons (Fsp3) is 0.520. The third kappa shape index (κ3) is 4.93. The maximum absolute atomic E-state index is 14.7. The molecule has 4 rings (SSSR count). The fourth-order valence-corrected chi connectivity index (χ4v) is 5.34. The smallest absolute Gasteiger partial charge is 0.206 e. The molecule has 0 radical (unpaired) electrons. The zero-order chi connectivity index (χ0) is 18.8. The normalized spacial score (nSPS) is 27.8. The van der Waals surface area contributed by atoms with E-state index in [0.29, 0.717) is 11.5 Å². The maximum atomic E-state index is 14.7. The van der Waals surface area contributed by atoms with Crippen LogP contribution in [0.3, 0.4) is 0 Å². The Balaban J connectivity index is 0.00000225. The van der Waals surface area contributed by atoms with Crippen molar-refractivity contribution in [3.8, 4) is 11.1 Å². The molecule has 0 saturated heterocycles. The Morgan fingerprint density at radius 2 is 1.29 bits per heavy atom. The van der Waals surface area contributed by atoms with Crippen LogP contribution >= 0.6 is 0 Å². The van der Waals surface area contributed by atoms with Crippen LogP contribution in [-0.2, 0) is 32.7 Å². The van der Waals surface area contributed by atoms with Crippen molar-refractivity contribution in [2.24, 2.45) is 17.8 Å². The van der Waals surface area contributed by atoms with Crippen molar-refractivity contribution >= 4 is 0 Å². The van der Waals surface area contributed by atoms with Gasteiger partial charge < -0.3 is 0 Å². The summed E-state index contributed by atoms with van der Waals surface area (Å²) in [7, 11) is 0. The topological polar surface area (TPSA) is 0 Å². The van der Waals surface area contributed by atoms with Gasteiger partial charge in [-0.15, -0.1) is 5.56 Å². The van der Waals surface area contributed by atoms with Crippen molar-refractivity contribution in [1.82, 2.24) is 0 Å². The second-order valence-electron chi connectivity index (χ2n) is 8.78. The standard InChI is InChI=1S/C25H29F2.Y/c1-17-7-9-18(10-8-17)19-11-13-20(14-12-19)22-15-23(26)25(24(27)16-22)21-5-3-2-4-6-21;/h3-6,15-20H,7-14H2,1H3;/q-1;+3. The summed E-state index contributed by atoms with van der Waals surface area (Å²) in [5.74, 6) is 2.01. The van der Waals surface area contributed by atoms with Gasteiger partial charge in [-0.2, -0.15) is 30.3 Å². The number of hydrogen-bond donors (Lipinski definition) is 0. The van der Waals surface area contributed by atoms with E-state index >= 15 is 0 Å². The van der Waals surface area contributed by atoms with Gasteiger partial charge in [-0.25, -0.2) is 8.78 Å². The van der Waals surface area contributed by atoms with E-state index in [1.54, 1.807) is 36.4 Å². The van der Waals surface area contributed by atoms with E-state index in [9.17, 15) is 8.78 Å². The first kappa shape index (κ1) is 22.1. The van der Waals surface area contributed by atoms with Crippen LogP contribution < -0.4 is 0 Å². The van der Waals surface area contributed by atoms with Crippen LogP contribution in [0.1, 0.15) is 69.8 Å². The van der Waals surface area contributed by atoms with Crippen LogP contribution in [0.15, 0.2) is 36.4 Å². The van der Waals surface area contributed by atoms with Crippen LogP contribution in [0, 0.1) is 35.5 Å². The van der Waals surface area contributed by atoms with Gasteiger partial charge in [0, 0.05) is 5.56 Å². The van der Waals surface area contributed by atoms with Crippen LogP contribution in [0.5, 0.6) is 0 Å². The number of benzene rings is 2. The summed E-state index contributed by atoms with van der Waals surface area (Å²) in [4.78, 5) is 0. The quantitative estimate of drug-likeness (QED) is 0.419. The van der Waals surface area contributed by atoms with Crippen LogP contribution in [0.25, 0.3) is 11.1 Å². The zero-order valence-corrected chi connectivity index (χ0v) is 19.6. The Labute approximate surface area is 193 Å². The Kier molecular flexibility index (Phi) is 7.84. The molecule has 3 heteroatoms. The summed E-state index contributed by atoms with van der Waals surface area (Å²) in [6, 6.07) is 12.8. The molecule has 0 aromatic heterocycles. The molecule has 0 spiro atoms. The largest absolute Gasteiger partial charge is 3.00 e. The molecule has 2 aliphatic carbocycles. The third-order valence-corrected chi connectivity index (χ3v) is 7.04. The first-order chi connectivity index (χ1) is 13.1. The predicted molar refractivity (Wildman–Crippen MR) is 106 cm³/mol. The molecule has 2 saturated carbocycles. The van der Waals surface area contributed by atoms with Gasteiger partial charge in [0.05, 0.1) is 0 Å². The van der Waals surface area contributed by atoms with Gasteiger partial charge >= 0.3 is 32.7 Å². The maximum Gasteiger partial charge on any atom is 3.00 e. The molecule has 2 aromatic carbocycles. The van der Waals surface area contributed by atoms with Gasteiger partial charge in [-0.05, 0) is 79.9 Å². The molecule has 2 fully saturated rings. The summed E-state index contributed by atoms with van der Waals surface area (Å²) >= 11 is 0. The Morgan fingerprint density at radius 3 is 1.82 bits per heavy atom. The van der Waals surface area contributed by atoms with E-state index in [2.05, 4.69) is 13.0 Å². The van der Waals surface area contributed by atoms with Gasteiger partial charge in [0.2, 0.25) is 0 Å². The molecule has 28 heavy (non-hydrogen) atoms. The summed E-state index contributed by atoms with van der Waals surface area (Å²) in [5, 5.41) is 0. The molecule has 0 N–H and O–H groups in total.